The van der Waals surface area contributed by atoms with Gasteiger partial charge < -0.3 is 9.80 Å². The maximum absolute atomic E-state index is 15.2. The Morgan fingerprint density at radius 1 is 1.02 bits per heavy atom. The number of nitrogens with zero attached hydrogens (tertiary/aromatic N) is 3. The van der Waals surface area contributed by atoms with Gasteiger partial charge in [0.15, 0.2) is 5.78 Å². The van der Waals surface area contributed by atoms with Crippen LogP contribution >= 0.6 is 0 Å². The highest BCUT2D eigenvalue weighted by atomic mass is 19.1. The highest BCUT2D eigenvalue weighted by Crippen LogP contribution is 2.30. The van der Waals surface area contributed by atoms with E-state index in [4.69, 9.17) is 4.99 Å². The van der Waals surface area contributed by atoms with Gasteiger partial charge in [-0.25, -0.2) is 4.39 Å². The summed E-state index contributed by atoms with van der Waals surface area (Å²) in [7, 11) is 0. The van der Waals surface area contributed by atoms with Crippen LogP contribution < -0.4 is 0 Å². The Bertz CT molecular complexity index is 1130. The fraction of sp³-hybridized carbons (Fsp3) is 0.568. The quantitative estimate of drug-likeness (QED) is 0.0977. The molecule has 0 radical (unpaired) electrons. The van der Waals surface area contributed by atoms with E-state index in [0.717, 1.165) is 49.3 Å². The fourth-order valence-corrected chi connectivity index (χ4v) is 4.65. The first-order chi connectivity index (χ1) is 19.8. The summed E-state index contributed by atoms with van der Waals surface area (Å²) in [5.41, 5.74) is 4.41. The zero-order chi connectivity index (χ0) is 32.0. The van der Waals surface area contributed by atoms with Gasteiger partial charge in [-0.15, -0.1) is 0 Å². The highest BCUT2D eigenvalue weighted by molar-refractivity contribution is 5.99. The Kier molecular flexibility index (Phi) is 16.4. The minimum atomic E-state index is -0.437. The topological polar surface area (TPSA) is 35.9 Å². The molecule has 0 saturated carbocycles. The van der Waals surface area contributed by atoms with Crippen LogP contribution in [0.1, 0.15) is 102 Å². The lowest BCUT2D eigenvalue weighted by molar-refractivity contribution is -0.112. The Hall–Kier alpha value is -2.95. The highest BCUT2D eigenvalue weighted by Gasteiger charge is 2.20. The predicted molar refractivity (Wildman–Crippen MR) is 180 cm³/mol. The molecule has 0 aromatic carbocycles. The average molecular weight is 580 g/mol. The van der Waals surface area contributed by atoms with Crippen LogP contribution in [0.4, 0.5) is 4.39 Å². The Morgan fingerprint density at radius 2 is 1.67 bits per heavy atom. The molecular formula is C37H58FN3O. The van der Waals surface area contributed by atoms with E-state index in [9.17, 15) is 4.79 Å². The van der Waals surface area contributed by atoms with Crippen LogP contribution in [-0.2, 0) is 4.79 Å². The zero-order valence-electron chi connectivity index (χ0n) is 28.4. The van der Waals surface area contributed by atoms with Crippen LogP contribution in [0.15, 0.2) is 88.4 Å². The van der Waals surface area contributed by atoms with Crippen molar-refractivity contribution in [2.75, 3.05) is 13.1 Å². The van der Waals surface area contributed by atoms with Crippen molar-refractivity contribution in [1.29, 1.82) is 0 Å². The number of carbonyl (C=O) groups excluding carboxylic acids is 1. The maximum atomic E-state index is 15.2. The van der Waals surface area contributed by atoms with Gasteiger partial charge in [-0.05, 0) is 81.9 Å². The predicted octanol–water partition coefficient (Wildman–Crippen LogP) is 10.3. The fourth-order valence-electron chi connectivity index (χ4n) is 4.65. The molecule has 1 heterocycles. The molecule has 1 aliphatic rings. The molecule has 0 aromatic heterocycles. The largest absolute Gasteiger partial charge is 0.372 e. The minimum absolute atomic E-state index is 0.138. The molecule has 0 bridgehead atoms. The van der Waals surface area contributed by atoms with Crippen molar-refractivity contribution in [3.63, 3.8) is 0 Å². The molecule has 0 N–H and O–H groups in total. The molecule has 5 heteroatoms. The lowest BCUT2D eigenvalue weighted by Crippen LogP contribution is -2.30. The number of hydrogen-bond donors (Lipinski definition) is 0. The molecule has 234 valence electrons. The van der Waals surface area contributed by atoms with Crippen LogP contribution in [0, 0.1) is 23.7 Å². The van der Waals surface area contributed by atoms with Crippen molar-refractivity contribution in [3.05, 3.63) is 83.4 Å². The smallest absolute Gasteiger partial charge is 0.154 e. The molecule has 3 unspecified atom stereocenters. The number of ketones is 1. The van der Waals surface area contributed by atoms with Gasteiger partial charge in [-0.3, -0.25) is 9.79 Å². The van der Waals surface area contributed by atoms with Gasteiger partial charge >= 0.3 is 0 Å². The van der Waals surface area contributed by atoms with Crippen molar-refractivity contribution < 1.29 is 9.18 Å². The van der Waals surface area contributed by atoms with Gasteiger partial charge in [0.25, 0.3) is 0 Å². The van der Waals surface area contributed by atoms with Gasteiger partial charge in [-0.1, -0.05) is 80.0 Å². The van der Waals surface area contributed by atoms with Gasteiger partial charge in [0.1, 0.15) is 5.83 Å². The molecule has 1 aliphatic heterocycles. The summed E-state index contributed by atoms with van der Waals surface area (Å²) in [6.45, 7) is 29.2. The van der Waals surface area contributed by atoms with Gasteiger partial charge in [-0.2, -0.15) is 0 Å². The number of rotatable bonds is 17. The minimum Gasteiger partial charge on any atom is -0.372 e. The molecule has 4 nitrogen and oxygen atoms in total. The van der Waals surface area contributed by atoms with Crippen molar-refractivity contribution in [2.45, 2.75) is 102 Å². The number of aliphatic imine (C=N–C) groups is 1. The normalized spacial score (nSPS) is 18.6. The van der Waals surface area contributed by atoms with Crippen LogP contribution in [-0.4, -0.2) is 34.4 Å². The lowest BCUT2D eigenvalue weighted by atomic mass is 9.93. The number of halogens is 1. The third-order valence-electron chi connectivity index (χ3n) is 8.59. The summed E-state index contributed by atoms with van der Waals surface area (Å²) >= 11 is 0. The van der Waals surface area contributed by atoms with Gasteiger partial charge in [0, 0.05) is 48.5 Å². The first-order valence-corrected chi connectivity index (χ1v) is 16.0. The van der Waals surface area contributed by atoms with Crippen molar-refractivity contribution >= 4 is 11.5 Å². The summed E-state index contributed by atoms with van der Waals surface area (Å²) in [5.74, 6) is 1.16. The van der Waals surface area contributed by atoms with E-state index in [1.165, 1.54) is 25.5 Å². The van der Waals surface area contributed by atoms with Crippen LogP contribution in [0.25, 0.3) is 0 Å². The lowest BCUT2D eigenvalue weighted by Gasteiger charge is -2.31. The monoisotopic (exact) mass is 579 g/mol. The van der Waals surface area contributed by atoms with Crippen molar-refractivity contribution in [2.24, 2.45) is 28.7 Å². The molecule has 0 aliphatic carbocycles. The SMILES string of the molecule is C=C1C(F)=CC(C(=C/C(C)=O)/N=C(/C=C\C(=C/C)N(CCC)C[C@H](C)C(C)CC)C(C)CC)=CN1/C=C(/C)C(C)CC. The molecule has 0 spiro atoms. The molecular weight excluding hydrogens is 521 g/mol. The average Bonchev–Trinajstić information content (AvgIpc) is 2.96. The van der Waals surface area contributed by atoms with E-state index in [2.05, 4.69) is 92.0 Å². The Labute approximate surface area is 257 Å². The second kappa shape index (κ2) is 18.6. The van der Waals surface area contributed by atoms with E-state index in [1.807, 2.05) is 19.3 Å². The van der Waals surface area contributed by atoms with E-state index in [0.29, 0.717) is 29.0 Å². The Balaban J connectivity index is 3.62. The molecule has 0 saturated heterocycles. The summed E-state index contributed by atoms with van der Waals surface area (Å²) in [6.07, 6.45) is 17.2. The standard InChI is InChI=1S/C37H58FN3O/c1-13-20-40(23-29(9)26(6)14-2)34(17-5)18-19-36(28(8)16-4)39-37(21-31(11)42)33-22-35(38)32(12)41(25-33)24-30(10)27(7)15-3/h17-19,21-22,24-29H,12-16,20,23H2,1-11H3/b19-18-,30-24-,34-17+,37-21-,39-36-/t26?,27?,28?,29-/m0/s1. The van der Waals surface area contributed by atoms with Crippen LogP contribution in [0.2, 0.25) is 0 Å². The molecule has 1 rings (SSSR count). The van der Waals surface area contributed by atoms with E-state index in [1.54, 1.807) is 4.90 Å². The zero-order valence-corrected chi connectivity index (χ0v) is 28.4. The second-order valence-corrected chi connectivity index (χ2v) is 12.0. The van der Waals surface area contributed by atoms with E-state index in [-0.39, 0.29) is 17.4 Å². The number of hydrogen-bond acceptors (Lipinski definition) is 4. The summed E-state index contributed by atoms with van der Waals surface area (Å²) in [5, 5.41) is 0. The molecule has 0 amide bonds. The van der Waals surface area contributed by atoms with E-state index >= 15 is 4.39 Å². The van der Waals surface area contributed by atoms with Crippen molar-refractivity contribution in [3.8, 4) is 0 Å². The second-order valence-electron chi connectivity index (χ2n) is 12.0. The first-order valence-electron chi connectivity index (χ1n) is 16.0. The summed E-state index contributed by atoms with van der Waals surface area (Å²) in [4.78, 5) is 21.5. The third kappa shape index (κ3) is 11.4. The first kappa shape index (κ1) is 37.1. The Morgan fingerprint density at radius 3 is 2.19 bits per heavy atom. The summed E-state index contributed by atoms with van der Waals surface area (Å²) < 4.78 is 15.2. The van der Waals surface area contributed by atoms with Crippen LogP contribution in [0.3, 0.4) is 0 Å². The summed E-state index contributed by atoms with van der Waals surface area (Å²) in [6, 6.07) is 0. The molecule has 0 aromatic rings. The van der Waals surface area contributed by atoms with Gasteiger partial charge in [0.05, 0.1) is 11.4 Å². The van der Waals surface area contributed by atoms with E-state index < -0.39 is 5.83 Å². The number of allylic oxidation sites excluding steroid dienone is 7. The molecule has 42 heavy (non-hydrogen) atoms. The van der Waals surface area contributed by atoms with Gasteiger partial charge in [0.2, 0.25) is 0 Å². The third-order valence-corrected chi connectivity index (χ3v) is 8.59. The van der Waals surface area contributed by atoms with Crippen molar-refractivity contribution in [1.82, 2.24) is 9.80 Å². The number of carbonyl (C=O) groups is 1. The van der Waals surface area contributed by atoms with Crippen LogP contribution in [0.5, 0.6) is 0 Å². The maximum Gasteiger partial charge on any atom is 0.154 e. The molecule has 0 fully saturated rings. The molecule has 4 atom stereocenters.